The number of rotatable bonds is 2. The van der Waals surface area contributed by atoms with E-state index in [4.69, 9.17) is 22.4 Å². The van der Waals surface area contributed by atoms with Gasteiger partial charge in [0.15, 0.2) is 0 Å². The average Bonchev–Trinajstić information content (AvgIpc) is 2.15. The van der Waals surface area contributed by atoms with Crippen LogP contribution in [0.3, 0.4) is 0 Å². The number of aliphatic hydroxyl groups excluding tert-OH is 1. The van der Waals surface area contributed by atoms with Gasteiger partial charge < -0.3 is 10.8 Å². The maximum Gasteiger partial charge on any atom is 0.417 e. The number of aliphatic hydroxyl groups is 1. The van der Waals surface area contributed by atoms with Crippen molar-refractivity contribution in [2.75, 3.05) is 6.61 Å². The molecule has 0 saturated heterocycles. The van der Waals surface area contributed by atoms with Crippen LogP contribution < -0.4 is 5.73 Å². The van der Waals surface area contributed by atoms with Crippen LogP contribution in [-0.2, 0) is 6.18 Å². The second kappa shape index (κ2) is 4.34. The Bertz CT molecular complexity index is 356. The Morgan fingerprint density at radius 3 is 2.60 bits per heavy atom. The molecule has 84 valence electrons. The smallest absolute Gasteiger partial charge is 0.394 e. The summed E-state index contributed by atoms with van der Waals surface area (Å²) in [6.45, 7) is -0.497. The molecule has 0 saturated carbocycles. The van der Waals surface area contributed by atoms with E-state index in [1.807, 2.05) is 0 Å². The Kier molecular flexibility index (Phi) is 3.54. The van der Waals surface area contributed by atoms with E-state index >= 15 is 0 Å². The molecule has 0 amide bonds. The predicted octanol–water partition coefficient (Wildman–Crippen LogP) is 1.75. The zero-order valence-electron chi connectivity index (χ0n) is 7.42. The van der Waals surface area contributed by atoms with Crippen LogP contribution in [0.5, 0.6) is 0 Å². The molecular weight excluding hydrogens is 233 g/mol. The fraction of sp³-hybridized carbons (Fsp3) is 0.375. The van der Waals surface area contributed by atoms with Gasteiger partial charge in [0.2, 0.25) is 0 Å². The number of aromatic nitrogens is 1. The molecule has 7 heteroatoms. The van der Waals surface area contributed by atoms with Crippen molar-refractivity contribution in [3.05, 3.63) is 28.5 Å². The summed E-state index contributed by atoms with van der Waals surface area (Å²) in [5.74, 6) is 0. The van der Waals surface area contributed by atoms with E-state index in [9.17, 15) is 13.2 Å². The zero-order chi connectivity index (χ0) is 11.6. The largest absolute Gasteiger partial charge is 0.417 e. The van der Waals surface area contributed by atoms with Crippen LogP contribution in [0.25, 0.3) is 0 Å². The number of halogens is 4. The number of nitrogens with two attached hydrogens (primary N) is 1. The molecule has 1 aromatic rings. The molecule has 1 aromatic heterocycles. The van der Waals surface area contributed by atoms with E-state index in [0.717, 1.165) is 6.07 Å². The van der Waals surface area contributed by atoms with E-state index in [0.29, 0.717) is 6.20 Å². The van der Waals surface area contributed by atoms with E-state index in [2.05, 4.69) is 4.98 Å². The monoisotopic (exact) mass is 240 g/mol. The molecule has 0 radical (unpaired) electrons. The Morgan fingerprint density at radius 2 is 2.13 bits per heavy atom. The van der Waals surface area contributed by atoms with Gasteiger partial charge in [0.25, 0.3) is 0 Å². The molecule has 0 aromatic carbocycles. The Morgan fingerprint density at radius 1 is 1.53 bits per heavy atom. The van der Waals surface area contributed by atoms with E-state index in [-0.39, 0.29) is 10.7 Å². The molecule has 0 aliphatic heterocycles. The van der Waals surface area contributed by atoms with Gasteiger partial charge in [-0.2, -0.15) is 13.2 Å². The topological polar surface area (TPSA) is 59.1 Å². The first kappa shape index (κ1) is 12.2. The van der Waals surface area contributed by atoms with E-state index in [1.165, 1.54) is 0 Å². The second-order valence-corrected chi connectivity index (χ2v) is 3.25. The zero-order valence-corrected chi connectivity index (χ0v) is 8.18. The van der Waals surface area contributed by atoms with Crippen LogP contribution in [-0.4, -0.2) is 16.7 Å². The van der Waals surface area contributed by atoms with Gasteiger partial charge in [-0.15, -0.1) is 0 Å². The number of nitrogens with zero attached hydrogens (tertiary/aromatic N) is 1. The molecule has 0 fully saturated rings. The SMILES string of the molecule is N[C@@H](CO)c1cc(C(F)(F)F)cnc1Cl. The van der Waals surface area contributed by atoms with Crippen LogP contribution in [0.4, 0.5) is 13.2 Å². The highest BCUT2D eigenvalue weighted by molar-refractivity contribution is 6.30. The van der Waals surface area contributed by atoms with Crippen LogP contribution in [0.2, 0.25) is 5.15 Å². The lowest BCUT2D eigenvalue weighted by Crippen LogP contribution is -2.17. The number of hydrogen-bond donors (Lipinski definition) is 2. The molecule has 1 heterocycles. The van der Waals surface area contributed by atoms with Gasteiger partial charge in [-0.25, -0.2) is 4.98 Å². The molecule has 1 rings (SSSR count). The Balaban J connectivity index is 3.17. The molecular formula is C8H8ClF3N2O. The molecule has 15 heavy (non-hydrogen) atoms. The maximum atomic E-state index is 12.3. The summed E-state index contributed by atoms with van der Waals surface area (Å²) in [5, 5.41) is 8.58. The fourth-order valence-corrected chi connectivity index (χ4v) is 1.22. The summed E-state index contributed by atoms with van der Waals surface area (Å²) < 4.78 is 36.8. The first-order valence-corrected chi connectivity index (χ1v) is 4.33. The van der Waals surface area contributed by atoms with Crippen LogP contribution in [0, 0.1) is 0 Å². The average molecular weight is 241 g/mol. The minimum atomic E-state index is -4.50. The van der Waals surface area contributed by atoms with Crippen molar-refractivity contribution in [3.8, 4) is 0 Å². The highest BCUT2D eigenvalue weighted by Crippen LogP contribution is 2.31. The molecule has 0 aliphatic carbocycles. The Hall–Kier alpha value is -0.850. The Labute approximate surface area is 88.7 Å². The van der Waals surface area contributed by atoms with Crippen molar-refractivity contribution in [1.29, 1.82) is 0 Å². The highest BCUT2D eigenvalue weighted by atomic mass is 35.5. The summed E-state index contributed by atoms with van der Waals surface area (Å²) in [6, 6.07) is -0.178. The lowest BCUT2D eigenvalue weighted by atomic mass is 10.1. The minimum Gasteiger partial charge on any atom is -0.394 e. The van der Waals surface area contributed by atoms with E-state index in [1.54, 1.807) is 0 Å². The maximum absolute atomic E-state index is 12.3. The number of pyridine rings is 1. The summed E-state index contributed by atoms with van der Waals surface area (Å²) >= 11 is 5.55. The van der Waals surface area contributed by atoms with Crippen LogP contribution >= 0.6 is 11.6 Å². The standard InChI is InChI=1S/C8H8ClF3N2O/c9-7-5(6(13)3-15)1-4(2-14-7)8(10,11)12/h1-2,6,15H,3,13H2/t6-/m0/s1. The third-order valence-electron chi connectivity index (χ3n) is 1.79. The highest BCUT2D eigenvalue weighted by Gasteiger charge is 2.32. The van der Waals surface area contributed by atoms with Gasteiger partial charge in [0, 0.05) is 11.8 Å². The van der Waals surface area contributed by atoms with Gasteiger partial charge in [-0.05, 0) is 6.07 Å². The quantitative estimate of drug-likeness (QED) is 0.775. The molecule has 0 bridgehead atoms. The van der Waals surface area contributed by atoms with Crippen molar-refractivity contribution < 1.29 is 18.3 Å². The van der Waals surface area contributed by atoms with Gasteiger partial charge in [0.1, 0.15) is 5.15 Å². The third kappa shape index (κ3) is 2.80. The van der Waals surface area contributed by atoms with Crippen molar-refractivity contribution in [1.82, 2.24) is 4.98 Å². The van der Waals surface area contributed by atoms with Gasteiger partial charge >= 0.3 is 6.18 Å². The van der Waals surface area contributed by atoms with Gasteiger partial charge in [-0.3, -0.25) is 0 Å². The molecule has 0 spiro atoms. The van der Waals surface area contributed by atoms with Gasteiger partial charge in [-0.1, -0.05) is 11.6 Å². The predicted molar refractivity (Wildman–Crippen MR) is 48.3 cm³/mol. The molecule has 3 nitrogen and oxygen atoms in total. The first-order chi connectivity index (χ1) is 6.86. The summed E-state index contributed by atoms with van der Waals surface area (Å²) in [5.41, 5.74) is 4.41. The van der Waals surface area contributed by atoms with Crippen molar-refractivity contribution in [2.24, 2.45) is 5.73 Å². The van der Waals surface area contributed by atoms with Gasteiger partial charge in [0.05, 0.1) is 18.2 Å². The molecule has 1 atom stereocenters. The summed E-state index contributed by atoms with van der Waals surface area (Å²) in [7, 11) is 0. The molecule has 0 aliphatic rings. The fourth-order valence-electron chi connectivity index (χ4n) is 0.978. The normalized spacial score (nSPS) is 14.0. The number of alkyl halides is 3. The summed E-state index contributed by atoms with van der Waals surface area (Å²) in [6.07, 6.45) is -3.88. The van der Waals surface area contributed by atoms with Crippen LogP contribution in [0.15, 0.2) is 12.3 Å². The van der Waals surface area contributed by atoms with Crippen molar-refractivity contribution in [3.63, 3.8) is 0 Å². The van der Waals surface area contributed by atoms with Crippen molar-refractivity contribution in [2.45, 2.75) is 12.2 Å². The number of hydrogen-bond acceptors (Lipinski definition) is 3. The minimum absolute atomic E-state index is 0.0195. The lowest BCUT2D eigenvalue weighted by Gasteiger charge is -2.13. The third-order valence-corrected chi connectivity index (χ3v) is 2.11. The molecule has 0 unspecified atom stereocenters. The van der Waals surface area contributed by atoms with Crippen molar-refractivity contribution >= 4 is 11.6 Å². The molecule has 3 N–H and O–H groups in total. The second-order valence-electron chi connectivity index (χ2n) is 2.89. The van der Waals surface area contributed by atoms with Crippen LogP contribution in [0.1, 0.15) is 17.2 Å². The summed E-state index contributed by atoms with van der Waals surface area (Å²) in [4.78, 5) is 3.37. The lowest BCUT2D eigenvalue weighted by molar-refractivity contribution is -0.137. The van der Waals surface area contributed by atoms with E-state index < -0.39 is 24.4 Å². The first-order valence-electron chi connectivity index (χ1n) is 3.95.